The molecule has 2 aromatic heterocycles. The Morgan fingerprint density at radius 1 is 1.18 bits per heavy atom. The molecule has 0 bridgehead atoms. The number of benzene rings is 1. The van der Waals surface area contributed by atoms with Crippen LogP contribution in [0.4, 0.5) is 0 Å². The Bertz CT molecular complexity index is 988. The number of rotatable bonds is 5. The van der Waals surface area contributed by atoms with Crippen molar-refractivity contribution in [3.63, 3.8) is 0 Å². The Labute approximate surface area is 165 Å². The zero-order valence-corrected chi connectivity index (χ0v) is 16.6. The highest BCUT2D eigenvalue weighted by molar-refractivity contribution is 5.94. The molecule has 0 spiro atoms. The summed E-state index contributed by atoms with van der Waals surface area (Å²) < 4.78 is 3.71. The highest BCUT2D eigenvalue weighted by Gasteiger charge is 2.27. The second-order valence-corrected chi connectivity index (χ2v) is 7.44. The van der Waals surface area contributed by atoms with Crippen molar-refractivity contribution in [3.05, 3.63) is 70.3 Å². The van der Waals surface area contributed by atoms with Gasteiger partial charge in [0.05, 0.1) is 5.69 Å². The van der Waals surface area contributed by atoms with Gasteiger partial charge in [0, 0.05) is 69.7 Å². The molecule has 0 saturated heterocycles. The number of aromatic nitrogens is 4. The van der Waals surface area contributed by atoms with E-state index in [4.69, 9.17) is 0 Å². The summed E-state index contributed by atoms with van der Waals surface area (Å²) in [4.78, 5) is 15.2. The van der Waals surface area contributed by atoms with Gasteiger partial charge in [-0.3, -0.25) is 19.1 Å². The standard InChI is InChI=1S/C21H26N6O/c1-15-17(12-25(2)23-15)13-27-10-9-19-18(14-27)20(24-26(19)3)21(28)22-11-16-7-5-4-6-8-16/h4-8,12H,9-11,13-14H2,1-3H3,(H,22,28). The first-order chi connectivity index (χ1) is 13.5. The highest BCUT2D eigenvalue weighted by atomic mass is 16.1. The fourth-order valence-corrected chi connectivity index (χ4v) is 3.87. The van der Waals surface area contributed by atoms with E-state index in [0.29, 0.717) is 12.2 Å². The molecule has 146 valence electrons. The molecule has 0 saturated carbocycles. The Morgan fingerprint density at radius 3 is 2.68 bits per heavy atom. The predicted molar refractivity (Wildman–Crippen MR) is 107 cm³/mol. The van der Waals surface area contributed by atoms with Gasteiger partial charge in [0.1, 0.15) is 0 Å². The molecule has 0 unspecified atom stereocenters. The average molecular weight is 378 g/mol. The van der Waals surface area contributed by atoms with E-state index in [1.807, 2.05) is 60.7 Å². The van der Waals surface area contributed by atoms with Gasteiger partial charge >= 0.3 is 0 Å². The van der Waals surface area contributed by atoms with E-state index < -0.39 is 0 Å². The maximum atomic E-state index is 12.8. The predicted octanol–water partition coefficient (Wildman–Crippen LogP) is 1.95. The van der Waals surface area contributed by atoms with Crippen LogP contribution in [0, 0.1) is 6.92 Å². The van der Waals surface area contributed by atoms with Gasteiger partial charge in [-0.1, -0.05) is 30.3 Å². The van der Waals surface area contributed by atoms with Crippen LogP contribution in [-0.4, -0.2) is 36.9 Å². The van der Waals surface area contributed by atoms with E-state index in [1.165, 1.54) is 5.56 Å². The number of hydrogen-bond acceptors (Lipinski definition) is 4. The zero-order valence-electron chi connectivity index (χ0n) is 16.6. The van der Waals surface area contributed by atoms with Gasteiger partial charge in [0.2, 0.25) is 0 Å². The number of aryl methyl sites for hydroxylation is 3. The van der Waals surface area contributed by atoms with Crippen molar-refractivity contribution < 1.29 is 4.79 Å². The molecule has 1 N–H and O–H groups in total. The summed E-state index contributed by atoms with van der Waals surface area (Å²) in [6.45, 7) is 5.05. The fraction of sp³-hybridized carbons (Fsp3) is 0.381. The van der Waals surface area contributed by atoms with Gasteiger partial charge in [0.15, 0.2) is 5.69 Å². The second-order valence-electron chi connectivity index (χ2n) is 7.44. The van der Waals surface area contributed by atoms with Crippen LogP contribution in [0.1, 0.15) is 38.6 Å². The molecule has 0 aliphatic carbocycles. The van der Waals surface area contributed by atoms with Crippen molar-refractivity contribution in [3.8, 4) is 0 Å². The Balaban J connectivity index is 1.49. The largest absolute Gasteiger partial charge is 0.347 e. The maximum Gasteiger partial charge on any atom is 0.272 e. The molecule has 28 heavy (non-hydrogen) atoms. The summed E-state index contributed by atoms with van der Waals surface area (Å²) in [6.07, 6.45) is 2.96. The molecule has 0 fully saturated rings. The Morgan fingerprint density at radius 2 is 1.96 bits per heavy atom. The van der Waals surface area contributed by atoms with Crippen molar-refractivity contribution in [1.29, 1.82) is 0 Å². The molecular weight excluding hydrogens is 352 g/mol. The van der Waals surface area contributed by atoms with E-state index in [2.05, 4.69) is 26.6 Å². The number of nitrogens with one attached hydrogen (secondary N) is 1. The Hall–Kier alpha value is -2.93. The summed E-state index contributed by atoms with van der Waals surface area (Å²) in [7, 11) is 3.87. The van der Waals surface area contributed by atoms with Gasteiger partial charge in [-0.2, -0.15) is 10.2 Å². The van der Waals surface area contributed by atoms with Gasteiger partial charge in [-0.25, -0.2) is 0 Å². The van der Waals surface area contributed by atoms with Crippen LogP contribution in [0.5, 0.6) is 0 Å². The van der Waals surface area contributed by atoms with Gasteiger partial charge < -0.3 is 5.32 Å². The van der Waals surface area contributed by atoms with Crippen molar-refractivity contribution in [2.24, 2.45) is 14.1 Å². The topological polar surface area (TPSA) is 68.0 Å². The maximum absolute atomic E-state index is 12.8. The third-order valence-corrected chi connectivity index (χ3v) is 5.34. The number of carbonyl (C=O) groups excluding carboxylic acids is 1. The molecule has 0 radical (unpaired) electrons. The number of amides is 1. The first-order valence-electron chi connectivity index (χ1n) is 9.59. The van der Waals surface area contributed by atoms with Gasteiger partial charge in [-0.05, 0) is 12.5 Å². The molecule has 1 amide bonds. The van der Waals surface area contributed by atoms with Crippen LogP contribution < -0.4 is 5.32 Å². The molecule has 0 atom stereocenters. The first kappa shape index (κ1) is 18.4. The fourth-order valence-electron chi connectivity index (χ4n) is 3.87. The average Bonchev–Trinajstić information content (AvgIpc) is 3.19. The number of hydrogen-bond donors (Lipinski definition) is 1. The van der Waals surface area contributed by atoms with Crippen LogP contribution >= 0.6 is 0 Å². The normalized spacial score (nSPS) is 14.1. The van der Waals surface area contributed by atoms with E-state index in [9.17, 15) is 4.79 Å². The third-order valence-electron chi connectivity index (χ3n) is 5.34. The summed E-state index contributed by atoms with van der Waals surface area (Å²) >= 11 is 0. The smallest absolute Gasteiger partial charge is 0.272 e. The lowest BCUT2D eigenvalue weighted by Crippen LogP contribution is -2.32. The lowest BCUT2D eigenvalue weighted by molar-refractivity contribution is 0.0942. The first-order valence-corrected chi connectivity index (χ1v) is 9.59. The number of nitrogens with zero attached hydrogens (tertiary/aromatic N) is 5. The zero-order chi connectivity index (χ0) is 19.7. The van der Waals surface area contributed by atoms with Gasteiger partial charge in [-0.15, -0.1) is 0 Å². The summed E-state index contributed by atoms with van der Waals surface area (Å²) in [5.41, 5.74) is 6.10. The molecule has 1 aliphatic rings. The van der Waals surface area contributed by atoms with Crippen molar-refractivity contribution in [2.45, 2.75) is 33.0 Å². The van der Waals surface area contributed by atoms with E-state index in [0.717, 1.165) is 48.6 Å². The number of carbonyl (C=O) groups is 1. The lowest BCUT2D eigenvalue weighted by atomic mass is 10.0. The third kappa shape index (κ3) is 3.71. The minimum Gasteiger partial charge on any atom is -0.347 e. The van der Waals surface area contributed by atoms with Crippen LogP contribution in [-0.2, 0) is 40.2 Å². The monoisotopic (exact) mass is 378 g/mol. The van der Waals surface area contributed by atoms with Crippen LogP contribution in [0.15, 0.2) is 36.5 Å². The minimum absolute atomic E-state index is 0.111. The number of fused-ring (bicyclic) bond motifs is 1. The van der Waals surface area contributed by atoms with E-state index in [1.54, 1.807) is 0 Å². The molecule has 1 aromatic carbocycles. The molecular formula is C21H26N6O. The van der Waals surface area contributed by atoms with E-state index >= 15 is 0 Å². The SMILES string of the molecule is Cc1nn(C)cc1CN1CCc2c(c(C(=O)NCc3ccccc3)nn2C)C1. The molecule has 3 aromatic rings. The van der Waals surface area contributed by atoms with Crippen LogP contribution in [0.25, 0.3) is 0 Å². The molecule has 7 nitrogen and oxygen atoms in total. The molecule has 3 heterocycles. The van der Waals surface area contributed by atoms with Crippen LogP contribution in [0.2, 0.25) is 0 Å². The minimum atomic E-state index is -0.111. The van der Waals surface area contributed by atoms with Crippen molar-refractivity contribution in [2.75, 3.05) is 6.54 Å². The molecule has 7 heteroatoms. The quantitative estimate of drug-likeness (QED) is 0.737. The molecule has 4 rings (SSSR count). The lowest BCUT2D eigenvalue weighted by Gasteiger charge is -2.27. The van der Waals surface area contributed by atoms with Gasteiger partial charge in [0.25, 0.3) is 5.91 Å². The van der Waals surface area contributed by atoms with E-state index in [-0.39, 0.29) is 5.91 Å². The highest BCUT2D eigenvalue weighted by Crippen LogP contribution is 2.24. The summed E-state index contributed by atoms with van der Waals surface area (Å²) in [6, 6.07) is 9.93. The summed E-state index contributed by atoms with van der Waals surface area (Å²) in [5, 5.41) is 12.0. The van der Waals surface area contributed by atoms with Crippen LogP contribution in [0.3, 0.4) is 0 Å². The van der Waals surface area contributed by atoms with Crippen molar-refractivity contribution in [1.82, 2.24) is 29.8 Å². The Kier molecular flexibility index (Phi) is 5.00. The van der Waals surface area contributed by atoms with Crippen molar-refractivity contribution >= 4 is 5.91 Å². The summed E-state index contributed by atoms with van der Waals surface area (Å²) in [5.74, 6) is -0.111. The molecule has 1 aliphatic heterocycles. The second kappa shape index (κ2) is 7.59.